The van der Waals surface area contributed by atoms with E-state index in [0.29, 0.717) is 19.5 Å². The molecule has 2 aliphatic heterocycles. The summed E-state index contributed by atoms with van der Waals surface area (Å²) in [5.74, 6) is -1.49. The first kappa shape index (κ1) is 30.0. The van der Waals surface area contributed by atoms with Gasteiger partial charge in [-0.05, 0) is 57.2 Å². The van der Waals surface area contributed by atoms with Gasteiger partial charge in [0, 0.05) is 19.6 Å². The number of nitrogens with one attached hydrogen (secondary N) is 2. The van der Waals surface area contributed by atoms with E-state index in [1.807, 2.05) is 46.6 Å². The summed E-state index contributed by atoms with van der Waals surface area (Å²) < 4.78 is 0. The third-order valence-corrected chi connectivity index (χ3v) is 7.59. The number of nitrogens with zero attached hydrogens (tertiary/aromatic N) is 3. The molecule has 0 aliphatic carbocycles. The summed E-state index contributed by atoms with van der Waals surface area (Å²) in [5, 5.41) is 14.5. The van der Waals surface area contributed by atoms with Crippen molar-refractivity contribution in [1.82, 2.24) is 25.3 Å². The molecule has 0 aromatic rings. The number of hydrogen-bond acceptors (Lipinski definition) is 6. The number of carboxylic acids is 1. The number of carbonyl (C=O) groups is 4. The average Bonchev–Trinajstić information content (AvgIpc) is 3.26. The van der Waals surface area contributed by atoms with Gasteiger partial charge < -0.3 is 20.6 Å². The molecule has 2 saturated heterocycles. The van der Waals surface area contributed by atoms with E-state index in [1.165, 1.54) is 0 Å². The molecular weight excluding hydrogens is 462 g/mol. The number of carboxylic acid groups (broad SMARTS) is 1. The standard InChI is InChI=1S/C26H47N5O5/c1-17(2)20(16-31-14-10-12-19(31)23(34)27-15-21(32)33)30(7)25(36)22(26(3,4)5)28-24(35)18-11-8-9-13-29(18)6/h17-20,22H,8-16H2,1-7H3,(H,27,34)(H,28,35)(H,32,33). The van der Waals surface area contributed by atoms with Crippen LogP contribution in [0.25, 0.3) is 0 Å². The van der Waals surface area contributed by atoms with E-state index in [0.717, 1.165) is 32.2 Å². The number of amides is 3. The Morgan fingerprint density at radius 3 is 2.19 bits per heavy atom. The van der Waals surface area contributed by atoms with E-state index in [4.69, 9.17) is 5.11 Å². The maximum absolute atomic E-state index is 13.8. The Morgan fingerprint density at radius 2 is 1.64 bits per heavy atom. The molecule has 2 heterocycles. The summed E-state index contributed by atoms with van der Waals surface area (Å²) in [7, 11) is 3.73. The van der Waals surface area contributed by atoms with Gasteiger partial charge >= 0.3 is 5.97 Å². The lowest BCUT2D eigenvalue weighted by Gasteiger charge is -2.41. The highest BCUT2D eigenvalue weighted by molar-refractivity contribution is 5.90. The molecule has 4 unspecified atom stereocenters. The molecule has 0 aromatic heterocycles. The summed E-state index contributed by atoms with van der Waals surface area (Å²) in [6, 6.07) is -1.49. The highest BCUT2D eigenvalue weighted by Crippen LogP contribution is 2.26. The Hall–Kier alpha value is -2.20. The van der Waals surface area contributed by atoms with Crippen LogP contribution >= 0.6 is 0 Å². The lowest BCUT2D eigenvalue weighted by atomic mass is 9.84. The van der Waals surface area contributed by atoms with Crippen molar-refractivity contribution in [1.29, 1.82) is 0 Å². The van der Waals surface area contributed by atoms with Crippen molar-refractivity contribution in [2.24, 2.45) is 11.3 Å². The van der Waals surface area contributed by atoms with Gasteiger partial charge in [0.05, 0.1) is 12.1 Å². The van der Waals surface area contributed by atoms with Crippen LogP contribution in [0.15, 0.2) is 0 Å². The fourth-order valence-corrected chi connectivity index (χ4v) is 5.30. The van der Waals surface area contributed by atoms with Gasteiger partial charge in [0.2, 0.25) is 17.7 Å². The number of aliphatic carboxylic acids is 1. The highest BCUT2D eigenvalue weighted by atomic mass is 16.4. The second-order valence-electron chi connectivity index (χ2n) is 11.8. The van der Waals surface area contributed by atoms with E-state index < -0.39 is 30.0 Å². The minimum absolute atomic E-state index is 0.102. The molecule has 2 fully saturated rings. The second kappa shape index (κ2) is 12.9. The van der Waals surface area contributed by atoms with Crippen molar-refractivity contribution in [3.8, 4) is 0 Å². The quantitative estimate of drug-likeness (QED) is 0.404. The number of carbonyl (C=O) groups excluding carboxylic acids is 3. The van der Waals surface area contributed by atoms with Gasteiger partial charge in [-0.15, -0.1) is 0 Å². The topological polar surface area (TPSA) is 122 Å². The van der Waals surface area contributed by atoms with Crippen LogP contribution in [0.1, 0.15) is 66.7 Å². The van der Waals surface area contributed by atoms with Crippen LogP contribution in [0.5, 0.6) is 0 Å². The number of hydrogen-bond donors (Lipinski definition) is 3. The van der Waals surface area contributed by atoms with Crippen LogP contribution < -0.4 is 10.6 Å². The summed E-state index contributed by atoms with van der Waals surface area (Å²) in [6.45, 7) is 11.7. The van der Waals surface area contributed by atoms with E-state index in [1.54, 1.807) is 11.9 Å². The minimum Gasteiger partial charge on any atom is -0.480 e. The summed E-state index contributed by atoms with van der Waals surface area (Å²) >= 11 is 0. The molecule has 0 saturated carbocycles. The predicted octanol–water partition coefficient (Wildman–Crippen LogP) is 1.15. The van der Waals surface area contributed by atoms with Crippen molar-refractivity contribution in [3.05, 3.63) is 0 Å². The zero-order valence-electron chi connectivity index (χ0n) is 23.2. The zero-order valence-corrected chi connectivity index (χ0v) is 23.2. The molecule has 0 aromatic carbocycles. The largest absolute Gasteiger partial charge is 0.480 e. The molecule has 206 valence electrons. The summed E-state index contributed by atoms with van der Waals surface area (Å²) in [4.78, 5) is 56.3. The Kier molecular flexibility index (Phi) is 10.7. The van der Waals surface area contributed by atoms with Gasteiger partial charge in [0.1, 0.15) is 12.6 Å². The van der Waals surface area contributed by atoms with Crippen LogP contribution in [-0.2, 0) is 19.2 Å². The van der Waals surface area contributed by atoms with E-state index in [-0.39, 0.29) is 35.7 Å². The summed E-state index contributed by atoms with van der Waals surface area (Å²) in [6.07, 6.45) is 4.36. The fraction of sp³-hybridized carbons (Fsp3) is 0.846. The summed E-state index contributed by atoms with van der Waals surface area (Å²) in [5.41, 5.74) is -0.483. The molecule has 2 aliphatic rings. The molecular formula is C26H47N5O5. The molecule has 0 bridgehead atoms. The van der Waals surface area contributed by atoms with Crippen LogP contribution in [0, 0.1) is 11.3 Å². The van der Waals surface area contributed by atoms with Crippen molar-refractivity contribution < 1.29 is 24.3 Å². The zero-order chi connectivity index (χ0) is 27.2. The first-order valence-corrected chi connectivity index (χ1v) is 13.2. The molecule has 4 atom stereocenters. The molecule has 10 nitrogen and oxygen atoms in total. The van der Waals surface area contributed by atoms with Gasteiger partial charge in [-0.2, -0.15) is 0 Å². The van der Waals surface area contributed by atoms with E-state index in [9.17, 15) is 19.2 Å². The van der Waals surface area contributed by atoms with Crippen LogP contribution in [0.3, 0.4) is 0 Å². The van der Waals surface area contributed by atoms with E-state index >= 15 is 0 Å². The van der Waals surface area contributed by atoms with Crippen molar-refractivity contribution >= 4 is 23.7 Å². The smallest absolute Gasteiger partial charge is 0.322 e. The molecule has 3 N–H and O–H groups in total. The highest BCUT2D eigenvalue weighted by Gasteiger charge is 2.41. The first-order chi connectivity index (χ1) is 16.7. The van der Waals surface area contributed by atoms with Crippen LogP contribution in [0.2, 0.25) is 0 Å². The molecule has 0 radical (unpaired) electrons. The first-order valence-electron chi connectivity index (χ1n) is 13.2. The minimum atomic E-state index is -1.08. The molecule has 36 heavy (non-hydrogen) atoms. The Bertz CT molecular complexity index is 796. The molecule has 2 rings (SSSR count). The Balaban J connectivity index is 2.15. The maximum Gasteiger partial charge on any atom is 0.322 e. The van der Waals surface area contributed by atoms with Crippen molar-refractivity contribution in [2.75, 3.05) is 40.3 Å². The van der Waals surface area contributed by atoms with Gasteiger partial charge in [-0.1, -0.05) is 41.0 Å². The third kappa shape index (κ3) is 7.90. The lowest BCUT2D eigenvalue weighted by molar-refractivity contribution is -0.143. The molecule has 10 heteroatoms. The van der Waals surface area contributed by atoms with Gasteiger partial charge in [0.15, 0.2) is 0 Å². The lowest BCUT2D eigenvalue weighted by Crippen LogP contribution is -2.61. The van der Waals surface area contributed by atoms with Gasteiger partial charge in [-0.25, -0.2) is 0 Å². The maximum atomic E-state index is 13.8. The predicted molar refractivity (Wildman–Crippen MR) is 138 cm³/mol. The number of likely N-dealkylation sites (tertiary alicyclic amines) is 2. The Labute approximate surface area is 216 Å². The van der Waals surface area contributed by atoms with E-state index in [2.05, 4.69) is 15.5 Å². The van der Waals surface area contributed by atoms with Crippen LogP contribution in [-0.4, -0.2) is 108 Å². The fourth-order valence-electron chi connectivity index (χ4n) is 5.30. The van der Waals surface area contributed by atoms with Gasteiger partial charge in [0.25, 0.3) is 0 Å². The SMILES string of the molecule is CC(C)C(CN1CCCC1C(=O)NCC(=O)O)N(C)C(=O)C(NC(=O)C1CCCCN1C)C(C)(C)C. The van der Waals surface area contributed by atoms with Crippen molar-refractivity contribution in [2.45, 2.75) is 90.9 Å². The third-order valence-electron chi connectivity index (χ3n) is 7.59. The number of rotatable bonds is 10. The second-order valence-corrected chi connectivity index (χ2v) is 11.8. The Morgan fingerprint density at radius 1 is 1.00 bits per heavy atom. The van der Waals surface area contributed by atoms with Crippen LogP contribution in [0.4, 0.5) is 0 Å². The monoisotopic (exact) mass is 509 g/mol. The molecule has 0 spiro atoms. The van der Waals surface area contributed by atoms with Crippen molar-refractivity contribution in [3.63, 3.8) is 0 Å². The number of likely N-dealkylation sites (N-methyl/N-ethyl adjacent to an activating group) is 2. The van der Waals surface area contributed by atoms with Gasteiger partial charge in [-0.3, -0.25) is 29.0 Å². The normalized spacial score (nSPS) is 23.2. The molecule has 3 amide bonds. The average molecular weight is 510 g/mol. The number of piperidine rings is 1.